The molecule has 1 saturated heterocycles. The summed E-state index contributed by atoms with van der Waals surface area (Å²) in [7, 11) is 3.43. The molecular weight excluding hydrogens is 580 g/mol. The van der Waals surface area contributed by atoms with Crippen molar-refractivity contribution >= 4 is 11.8 Å². The molecule has 0 saturated carbocycles. The van der Waals surface area contributed by atoms with Gasteiger partial charge in [-0.1, -0.05) is 26.5 Å². The highest BCUT2D eigenvalue weighted by molar-refractivity contribution is 5.95. The molecular formula is C36H46N6O4. The van der Waals surface area contributed by atoms with Crippen LogP contribution in [0.5, 0.6) is 23.3 Å². The van der Waals surface area contributed by atoms with Crippen LogP contribution in [0.3, 0.4) is 0 Å². The van der Waals surface area contributed by atoms with E-state index in [1.54, 1.807) is 50.5 Å². The van der Waals surface area contributed by atoms with Gasteiger partial charge in [0.25, 0.3) is 11.8 Å². The SMILES string of the molecule is C.Cc1cc(CN)cc(Oc2cccc(C(=O)N(C)C)c2)n1.Cc1cc(CN)cc(Oc2cccc(C(=O)N3CC[C@H](C)C3)c2)n1. The quantitative estimate of drug-likeness (QED) is 0.239. The Balaban J connectivity index is 0.000000247. The number of pyridine rings is 2. The van der Waals surface area contributed by atoms with Crippen LogP contribution in [-0.2, 0) is 13.1 Å². The maximum Gasteiger partial charge on any atom is 0.253 e. The van der Waals surface area contributed by atoms with Crippen LogP contribution in [0.2, 0.25) is 0 Å². The Kier molecular flexibility index (Phi) is 12.8. The molecule has 1 fully saturated rings. The molecule has 1 aliphatic heterocycles. The average Bonchev–Trinajstić information content (AvgIpc) is 3.46. The van der Waals surface area contributed by atoms with Gasteiger partial charge in [-0.3, -0.25) is 9.59 Å². The molecule has 46 heavy (non-hydrogen) atoms. The van der Waals surface area contributed by atoms with Gasteiger partial charge in [-0.25, -0.2) is 9.97 Å². The van der Waals surface area contributed by atoms with Crippen molar-refractivity contribution in [3.8, 4) is 23.3 Å². The van der Waals surface area contributed by atoms with Gasteiger partial charge in [-0.05, 0) is 85.8 Å². The van der Waals surface area contributed by atoms with Crippen molar-refractivity contribution in [1.82, 2.24) is 19.8 Å². The molecule has 4 aromatic rings. The van der Waals surface area contributed by atoms with Crippen molar-refractivity contribution in [3.63, 3.8) is 0 Å². The summed E-state index contributed by atoms with van der Waals surface area (Å²) in [5.74, 6) is 2.71. The third-order valence-corrected chi connectivity index (χ3v) is 7.17. The van der Waals surface area contributed by atoms with E-state index < -0.39 is 0 Å². The molecule has 0 bridgehead atoms. The second kappa shape index (κ2) is 16.5. The molecule has 3 heterocycles. The summed E-state index contributed by atoms with van der Waals surface area (Å²) >= 11 is 0. The first-order valence-corrected chi connectivity index (χ1v) is 15.0. The highest BCUT2D eigenvalue weighted by Gasteiger charge is 2.24. The van der Waals surface area contributed by atoms with Crippen LogP contribution in [0.1, 0.15) is 64.0 Å². The minimum Gasteiger partial charge on any atom is -0.439 e. The number of carbonyl (C=O) groups is 2. The predicted molar refractivity (Wildman–Crippen MR) is 181 cm³/mol. The maximum absolute atomic E-state index is 12.6. The third-order valence-electron chi connectivity index (χ3n) is 7.17. The molecule has 0 unspecified atom stereocenters. The number of aryl methyl sites for hydroxylation is 2. The fourth-order valence-corrected chi connectivity index (χ4v) is 4.94. The number of hydrogen-bond acceptors (Lipinski definition) is 8. The van der Waals surface area contributed by atoms with E-state index >= 15 is 0 Å². The van der Waals surface area contributed by atoms with Gasteiger partial charge < -0.3 is 30.7 Å². The second-order valence-electron chi connectivity index (χ2n) is 11.4. The standard InChI is InChI=1S/C19H23N3O2.C16H19N3O2.CH4/c1-13-6-7-22(12-13)19(23)16-4-3-5-17(10-16)24-18-9-15(11-20)8-14(2)21-18;1-11-7-12(10-17)8-15(18-11)21-14-6-4-5-13(9-14)16(20)19(2)3;/h3-5,8-10,13H,6-7,11-12,20H2,1-2H3;4-9H,10,17H2,1-3H3;1H4/t13-;;/m0../s1. The Morgan fingerprint density at radius 1 is 0.826 bits per heavy atom. The number of rotatable bonds is 8. The molecule has 2 aromatic heterocycles. The highest BCUT2D eigenvalue weighted by atomic mass is 16.5. The molecule has 0 radical (unpaired) electrons. The van der Waals surface area contributed by atoms with Gasteiger partial charge in [-0.15, -0.1) is 0 Å². The maximum atomic E-state index is 12.6. The molecule has 1 aliphatic rings. The highest BCUT2D eigenvalue weighted by Crippen LogP contribution is 2.25. The zero-order valence-electron chi connectivity index (χ0n) is 26.6. The van der Waals surface area contributed by atoms with Gasteiger partial charge in [0.1, 0.15) is 11.5 Å². The molecule has 4 N–H and O–H groups in total. The lowest BCUT2D eigenvalue weighted by Gasteiger charge is -2.16. The summed E-state index contributed by atoms with van der Waals surface area (Å²) in [6.07, 6.45) is 1.07. The van der Waals surface area contributed by atoms with Gasteiger partial charge in [-0.2, -0.15) is 0 Å². The second-order valence-corrected chi connectivity index (χ2v) is 11.4. The van der Waals surface area contributed by atoms with E-state index in [4.69, 9.17) is 20.9 Å². The molecule has 244 valence electrons. The van der Waals surface area contributed by atoms with Crippen LogP contribution in [0, 0.1) is 19.8 Å². The Morgan fingerprint density at radius 2 is 1.33 bits per heavy atom. The van der Waals surface area contributed by atoms with Crippen molar-refractivity contribution in [2.24, 2.45) is 17.4 Å². The Labute approximate surface area is 272 Å². The van der Waals surface area contributed by atoms with E-state index in [0.29, 0.717) is 53.4 Å². The molecule has 0 spiro atoms. The first kappa shape index (κ1) is 35.7. The van der Waals surface area contributed by atoms with Gasteiger partial charge in [0.15, 0.2) is 0 Å². The average molecular weight is 627 g/mol. The van der Waals surface area contributed by atoms with Crippen LogP contribution in [0.15, 0.2) is 72.8 Å². The van der Waals surface area contributed by atoms with E-state index in [2.05, 4.69) is 16.9 Å². The van der Waals surface area contributed by atoms with Crippen molar-refractivity contribution in [2.75, 3.05) is 27.2 Å². The first-order chi connectivity index (χ1) is 21.5. The summed E-state index contributed by atoms with van der Waals surface area (Å²) in [4.78, 5) is 36.6. The van der Waals surface area contributed by atoms with Gasteiger partial charge in [0, 0.05) is 74.9 Å². The van der Waals surface area contributed by atoms with Crippen LogP contribution >= 0.6 is 0 Å². The first-order valence-electron chi connectivity index (χ1n) is 15.0. The number of amides is 2. The Morgan fingerprint density at radius 3 is 1.78 bits per heavy atom. The lowest BCUT2D eigenvalue weighted by molar-refractivity contribution is 0.0786. The Hall–Kier alpha value is -4.80. The van der Waals surface area contributed by atoms with E-state index in [0.717, 1.165) is 42.0 Å². The fourth-order valence-electron chi connectivity index (χ4n) is 4.94. The molecule has 5 rings (SSSR count). The van der Waals surface area contributed by atoms with Crippen molar-refractivity contribution in [1.29, 1.82) is 0 Å². The molecule has 10 nitrogen and oxygen atoms in total. The summed E-state index contributed by atoms with van der Waals surface area (Å²) in [5.41, 5.74) is 16.2. The van der Waals surface area contributed by atoms with Crippen molar-refractivity contribution < 1.29 is 19.1 Å². The van der Waals surface area contributed by atoms with Crippen LogP contribution in [0.4, 0.5) is 0 Å². The molecule has 2 aromatic carbocycles. The number of ether oxygens (including phenoxy) is 2. The normalized spacial score (nSPS) is 13.6. The number of carbonyl (C=O) groups excluding carboxylic acids is 2. The molecule has 10 heteroatoms. The van der Waals surface area contributed by atoms with E-state index in [1.165, 1.54) is 4.90 Å². The smallest absolute Gasteiger partial charge is 0.253 e. The van der Waals surface area contributed by atoms with Crippen LogP contribution < -0.4 is 20.9 Å². The van der Waals surface area contributed by atoms with E-state index in [1.807, 2.05) is 55.1 Å². The summed E-state index contributed by atoms with van der Waals surface area (Å²) in [6.45, 7) is 8.47. The van der Waals surface area contributed by atoms with Crippen molar-refractivity contribution in [3.05, 3.63) is 106 Å². The van der Waals surface area contributed by atoms with Crippen molar-refractivity contribution in [2.45, 2.75) is 47.7 Å². The van der Waals surface area contributed by atoms with Gasteiger partial charge >= 0.3 is 0 Å². The molecule has 0 aliphatic carbocycles. The van der Waals surface area contributed by atoms with Crippen LogP contribution in [0.25, 0.3) is 0 Å². The summed E-state index contributed by atoms with van der Waals surface area (Å²) < 4.78 is 11.6. The largest absolute Gasteiger partial charge is 0.439 e. The third kappa shape index (κ3) is 9.85. The number of aromatic nitrogens is 2. The zero-order chi connectivity index (χ0) is 32.5. The van der Waals surface area contributed by atoms with Gasteiger partial charge in [0.05, 0.1) is 0 Å². The van der Waals surface area contributed by atoms with Crippen LogP contribution in [-0.4, -0.2) is 58.8 Å². The number of likely N-dealkylation sites (tertiary alicyclic amines) is 1. The summed E-state index contributed by atoms with van der Waals surface area (Å²) in [6, 6.07) is 21.8. The lowest BCUT2D eigenvalue weighted by Crippen LogP contribution is -2.28. The number of nitrogens with zero attached hydrogens (tertiary/aromatic N) is 4. The monoisotopic (exact) mass is 626 g/mol. The molecule has 2 amide bonds. The minimum atomic E-state index is -0.0692. The number of benzene rings is 2. The number of hydrogen-bond donors (Lipinski definition) is 2. The topological polar surface area (TPSA) is 137 Å². The number of nitrogens with two attached hydrogens (primary N) is 2. The van der Waals surface area contributed by atoms with E-state index in [9.17, 15) is 9.59 Å². The minimum absolute atomic E-state index is 0. The lowest BCUT2D eigenvalue weighted by atomic mass is 10.1. The summed E-state index contributed by atoms with van der Waals surface area (Å²) in [5, 5.41) is 0. The predicted octanol–water partition coefficient (Wildman–Crippen LogP) is 6.10. The zero-order valence-corrected chi connectivity index (χ0v) is 26.6. The fraction of sp³-hybridized carbons (Fsp3) is 0.333. The Bertz CT molecular complexity index is 1640. The van der Waals surface area contributed by atoms with E-state index in [-0.39, 0.29) is 19.2 Å². The van der Waals surface area contributed by atoms with Gasteiger partial charge in [0.2, 0.25) is 11.8 Å². The molecule has 1 atom stereocenters.